The Morgan fingerprint density at radius 3 is 2.75 bits per heavy atom. The van der Waals surface area contributed by atoms with Gasteiger partial charge in [-0.3, -0.25) is 0 Å². The summed E-state index contributed by atoms with van der Waals surface area (Å²) in [5.41, 5.74) is 1.66. The van der Waals surface area contributed by atoms with Crippen molar-refractivity contribution in [1.29, 1.82) is 0 Å². The van der Waals surface area contributed by atoms with Crippen molar-refractivity contribution in [3.63, 3.8) is 0 Å². The fourth-order valence-corrected chi connectivity index (χ4v) is 2.89. The Morgan fingerprint density at radius 1 is 1.25 bits per heavy atom. The Hall–Kier alpha value is -0.300. The van der Waals surface area contributed by atoms with Crippen LogP contribution in [0, 0.1) is 11.8 Å². The van der Waals surface area contributed by atoms with Crippen LogP contribution in [-0.4, -0.2) is 12.6 Å². The molecule has 16 heavy (non-hydrogen) atoms. The predicted octanol–water partition coefficient (Wildman–Crippen LogP) is 3.90. The van der Waals surface area contributed by atoms with Crippen LogP contribution >= 0.6 is 0 Å². The third-order valence-corrected chi connectivity index (χ3v) is 4.20. The lowest BCUT2D eigenvalue weighted by Crippen LogP contribution is -2.17. The molecule has 0 aromatic heterocycles. The largest absolute Gasteiger partial charge is 0.314 e. The highest BCUT2D eigenvalue weighted by molar-refractivity contribution is 5.05. The second-order valence-electron chi connectivity index (χ2n) is 5.93. The minimum absolute atomic E-state index is 0.864. The van der Waals surface area contributed by atoms with Crippen LogP contribution in [0.3, 0.4) is 0 Å². The molecular formula is C15H27N. The average Bonchev–Trinajstić information content (AvgIpc) is 3.08. The summed E-state index contributed by atoms with van der Waals surface area (Å²) < 4.78 is 0. The maximum atomic E-state index is 3.58. The Balaban J connectivity index is 1.67. The van der Waals surface area contributed by atoms with Crippen LogP contribution < -0.4 is 5.32 Å². The van der Waals surface area contributed by atoms with Crippen molar-refractivity contribution in [1.82, 2.24) is 5.32 Å². The van der Waals surface area contributed by atoms with Gasteiger partial charge in [0.2, 0.25) is 0 Å². The molecule has 0 aliphatic heterocycles. The van der Waals surface area contributed by atoms with Crippen molar-refractivity contribution in [3.8, 4) is 0 Å². The predicted molar refractivity (Wildman–Crippen MR) is 70.5 cm³/mol. The molecule has 0 aromatic rings. The lowest BCUT2D eigenvalue weighted by molar-refractivity contribution is 0.314. The first-order chi connectivity index (χ1) is 7.75. The number of rotatable bonds is 5. The molecule has 1 heteroatoms. The first-order valence-electron chi connectivity index (χ1n) is 7.15. The molecule has 2 saturated carbocycles. The summed E-state index contributed by atoms with van der Waals surface area (Å²) >= 11 is 0. The van der Waals surface area contributed by atoms with Gasteiger partial charge in [0.25, 0.3) is 0 Å². The van der Waals surface area contributed by atoms with Gasteiger partial charge in [-0.15, -0.1) is 0 Å². The first kappa shape index (κ1) is 12.2. The Bertz CT molecular complexity index is 240. The molecule has 0 saturated heterocycles. The molecule has 1 N–H and O–H groups in total. The van der Waals surface area contributed by atoms with Crippen molar-refractivity contribution in [3.05, 3.63) is 11.6 Å². The summed E-state index contributed by atoms with van der Waals surface area (Å²) in [6.07, 6.45) is 12.3. The molecule has 0 spiro atoms. The van der Waals surface area contributed by atoms with E-state index in [-0.39, 0.29) is 0 Å². The molecule has 0 aromatic carbocycles. The highest BCUT2D eigenvalue weighted by Crippen LogP contribution is 2.33. The van der Waals surface area contributed by atoms with Gasteiger partial charge in [0, 0.05) is 6.04 Å². The van der Waals surface area contributed by atoms with E-state index in [1.807, 2.05) is 0 Å². The molecule has 2 aliphatic rings. The highest BCUT2D eigenvalue weighted by atomic mass is 14.9. The minimum atomic E-state index is 0.864. The second-order valence-corrected chi connectivity index (χ2v) is 5.93. The quantitative estimate of drug-likeness (QED) is 0.548. The Morgan fingerprint density at radius 2 is 2.06 bits per heavy atom. The molecule has 1 nitrogen and oxygen atoms in total. The van der Waals surface area contributed by atoms with Crippen molar-refractivity contribution >= 4 is 0 Å². The van der Waals surface area contributed by atoms with Gasteiger partial charge in [-0.1, -0.05) is 31.4 Å². The summed E-state index contributed by atoms with van der Waals surface area (Å²) in [7, 11) is 0. The summed E-state index contributed by atoms with van der Waals surface area (Å²) in [6.45, 7) is 5.94. The van der Waals surface area contributed by atoms with Crippen LogP contribution in [0.15, 0.2) is 11.6 Å². The SMILES string of the molecule is CC(=CCCNC1CC1)C1CCCC(C)C1. The molecule has 0 heterocycles. The molecule has 2 unspecified atom stereocenters. The molecule has 0 amide bonds. The second kappa shape index (κ2) is 5.86. The molecule has 2 rings (SSSR count). The van der Waals surface area contributed by atoms with Gasteiger partial charge >= 0.3 is 0 Å². The fraction of sp³-hybridized carbons (Fsp3) is 0.867. The minimum Gasteiger partial charge on any atom is -0.314 e. The van der Waals surface area contributed by atoms with E-state index in [1.54, 1.807) is 5.57 Å². The van der Waals surface area contributed by atoms with Gasteiger partial charge < -0.3 is 5.32 Å². The van der Waals surface area contributed by atoms with Gasteiger partial charge in [0.1, 0.15) is 0 Å². The summed E-state index contributed by atoms with van der Waals surface area (Å²) in [5.74, 6) is 1.84. The van der Waals surface area contributed by atoms with Crippen LogP contribution in [-0.2, 0) is 0 Å². The van der Waals surface area contributed by atoms with Crippen LogP contribution in [0.2, 0.25) is 0 Å². The van der Waals surface area contributed by atoms with E-state index in [9.17, 15) is 0 Å². The highest BCUT2D eigenvalue weighted by Gasteiger charge is 2.20. The number of nitrogens with one attached hydrogen (secondary N) is 1. The number of hydrogen-bond donors (Lipinski definition) is 1. The monoisotopic (exact) mass is 221 g/mol. The lowest BCUT2D eigenvalue weighted by Gasteiger charge is -2.27. The van der Waals surface area contributed by atoms with Gasteiger partial charge in [-0.05, 0) is 57.4 Å². The first-order valence-corrected chi connectivity index (χ1v) is 7.15. The number of hydrogen-bond acceptors (Lipinski definition) is 1. The molecular weight excluding hydrogens is 194 g/mol. The van der Waals surface area contributed by atoms with Crippen LogP contribution in [0.4, 0.5) is 0 Å². The Kier molecular flexibility index (Phi) is 4.45. The Labute approximate surface area is 101 Å². The topological polar surface area (TPSA) is 12.0 Å². The molecule has 0 radical (unpaired) electrons. The van der Waals surface area contributed by atoms with Crippen LogP contribution in [0.25, 0.3) is 0 Å². The third-order valence-electron chi connectivity index (χ3n) is 4.20. The van der Waals surface area contributed by atoms with E-state index in [2.05, 4.69) is 25.2 Å². The van der Waals surface area contributed by atoms with Crippen LogP contribution in [0.5, 0.6) is 0 Å². The maximum Gasteiger partial charge on any atom is 0.00683 e. The zero-order valence-electron chi connectivity index (χ0n) is 11.0. The fourth-order valence-electron chi connectivity index (χ4n) is 2.89. The zero-order valence-corrected chi connectivity index (χ0v) is 11.0. The van der Waals surface area contributed by atoms with Crippen molar-refractivity contribution < 1.29 is 0 Å². The van der Waals surface area contributed by atoms with E-state index in [1.165, 1.54) is 51.5 Å². The van der Waals surface area contributed by atoms with Gasteiger partial charge in [0.15, 0.2) is 0 Å². The molecule has 2 atom stereocenters. The molecule has 2 fully saturated rings. The standard InChI is InChI=1S/C15H27N/c1-12-5-3-7-14(11-12)13(2)6-4-10-16-15-8-9-15/h6,12,14-16H,3-5,7-11H2,1-2H3. The molecule has 92 valence electrons. The van der Waals surface area contributed by atoms with E-state index < -0.39 is 0 Å². The van der Waals surface area contributed by atoms with E-state index in [0.717, 1.165) is 17.9 Å². The summed E-state index contributed by atoms with van der Waals surface area (Å²) in [4.78, 5) is 0. The van der Waals surface area contributed by atoms with Gasteiger partial charge in [-0.2, -0.15) is 0 Å². The van der Waals surface area contributed by atoms with Crippen molar-refractivity contribution in [2.45, 2.75) is 64.8 Å². The number of allylic oxidation sites excluding steroid dienone is 1. The smallest absolute Gasteiger partial charge is 0.00683 e. The van der Waals surface area contributed by atoms with E-state index in [0.29, 0.717) is 0 Å². The van der Waals surface area contributed by atoms with Crippen molar-refractivity contribution in [2.75, 3.05) is 6.54 Å². The maximum absolute atomic E-state index is 3.58. The van der Waals surface area contributed by atoms with E-state index in [4.69, 9.17) is 0 Å². The molecule has 2 aliphatic carbocycles. The van der Waals surface area contributed by atoms with Crippen LogP contribution in [0.1, 0.15) is 58.8 Å². The lowest BCUT2D eigenvalue weighted by atomic mass is 9.79. The normalized spacial score (nSPS) is 31.8. The zero-order chi connectivity index (χ0) is 11.4. The van der Waals surface area contributed by atoms with Crippen molar-refractivity contribution in [2.24, 2.45) is 11.8 Å². The van der Waals surface area contributed by atoms with Gasteiger partial charge in [-0.25, -0.2) is 0 Å². The summed E-state index contributed by atoms with van der Waals surface area (Å²) in [6, 6.07) is 0.864. The third kappa shape index (κ3) is 3.93. The summed E-state index contributed by atoms with van der Waals surface area (Å²) in [5, 5.41) is 3.58. The average molecular weight is 221 g/mol. The van der Waals surface area contributed by atoms with Gasteiger partial charge in [0.05, 0.1) is 0 Å². The molecule has 0 bridgehead atoms. The van der Waals surface area contributed by atoms with E-state index >= 15 is 0 Å².